The molecule has 0 radical (unpaired) electrons. The van der Waals surface area contributed by atoms with Crippen LogP contribution in [0.15, 0.2) is 134 Å². The second-order valence-electron chi connectivity index (χ2n) is 12.4. The molecule has 1 aliphatic carbocycles. The maximum absolute atomic E-state index is 12.4. The maximum atomic E-state index is 12.4. The fourth-order valence-electron chi connectivity index (χ4n) is 6.77. The van der Waals surface area contributed by atoms with Gasteiger partial charge < -0.3 is 9.84 Å². The van der Waals surface area contributed by atoms with Crippen LogP contribution in [0, 0.1) is 11.8 Å². The summed E-state index contributed by atoms with van der Waals surface area (Å²) in [6, 6.07) is 41.4. The third kappa shape index (κ3) is 6.66. The van der Waals surface area contributed by atoms with Crippen LogP contribution in [0.25, 0.3) is 0 Å². The topological polar surface area (TPSA) is 29.5 Å². The standard InChI is InChI=1S/C39H44O2/c1-30-24-25-36(38(2,3)33-18-10-5-11-19-33)37(28-30)41-27-26-32(31-16-8-4-9-17-31)29-39(40,34-20-12-6-13-21-34)35-22-14-7-15-23-35/h4-23,26-27,30,32,36-37,40H,24-25,28-29H2,1-3H3/b27-26-/t30-,32-,36-,37-/m1/s1. The van der Waals surface area contributed by atoms with E-state index in [0.29, 0.717) is 18.3 Å². The van der Waals surface area contributed by atoms with E-state index in [2.05, 4.69) is 81.4 Å². The number of aliphatic hydroxyl groups is 1. The summed E-state index contributed by atoms with van der Waals surface area (Å²) >= 11 is 0. The summed E-state index contributed by atoms with van der Waals surface area (Å²) in [7, 11) is 0. The number of rotatable bonds is 10. The van der Waals surface area contributed by atoms with E-state index in [4.69, 9.17) is 4.74 Å². The molecule has 0 spiro atoms. The van der Waals surface area contributed by atoms with Gasteiger partial charge in [-0.2, -0.15) is 0 Å². The highest BCUT2D eigenvalue weighted by Gasteiger charge is 2.41. The third-order valence-electron chi connectivity index (χ3n) is 9.31. The quantitative estimate of drug-likeness (QED) is 0.202. The zero-order chi connectivity index (χ0) is 28.7. The summed E-state index contributed by atoms with van der Waals surface area (Å²) in [6.07, 6.45) is 8.19. The smallest absolute Gasteiger partial charge is 0.115 e. The Morgan fingerprint density at radius 2 is 1.22 bits per heavy atom. The van der Waals surface area contributed by atoms with Gasteiger partial charge in [0.15, 0.2) is 0 Å². The second kappa shape index (κ2) is 12.9. The lowest BCUT2D eigenvalue weighted by Crippen LogP contribution is -2.42. The SMILES string of the molecule is C[C@@H]1CC[C@@H](C(C)(C)c2ccccc2)[C@H](O/C=C\[C@H](CC(O)(c2ccccc2)c2ccccc2)c2ccccc2)C1. The Morgan fingerprint density at radius 1 is 0.732 bits per heavy atom. The molecule has 5 rings (SSSR count). The predicted octanol–water partition coefficient (Wildman–Crippen LogP) is 9.41. The van der Waals surface area contributed by atoms with Crippen molar-refractivity contribution >= 4 is 0 Å². The minimum absolute atomic E-state index is 0.0135. The first-order valence-electron chi connectivity index (χ1n) is 15.1. The lowest BCUT2D eigenvalue weighted by atomic mass is 9.64. The summed E-state index contributed by atoms with van der Waals surface area (Å²) < 4.78 is 6.69. The van der Waals surface area contributed by atoms with Gasteiger partial charge in [-0.1, -0.05) is 149 Å². The molecule has 4 atom stereocenters. The van der Waals surface area contributed by atoms with Gasteiger partial charge in [0.05, 0.1) is 6.26 Å². The van der Waals surface area contributed by atoms with E-state index in [1.165, 1.54) is 12.0 Å². The average Bonchev–Trinajstić information content (AvgIpc) is 3.02. The minimum Gasteiger partial charge on any atom is -0.498 e. The zero-order valence-electron chi connectivity index (χ0n) is 24.7. The van der Waals surface area contributed by atoms with E-state index in [9.17, 15) is 5.11 Å². The fraction of sp³-hybridized carbons (Fsp3) is 0.333. The molecule has 0 saturated heterocycles. The first kappa shape index (κ1) is 28.9. The first-order chi connectivity index (χ1) is 19.9. The maximum Gasteiger partial charge on any atom is 0.115 e. The Bertz CT molecular complexity index is 1320. The lowest BCUT2D eigenvalue weighted by molar-refractivity contribution is 0.00189. The zero-order valence-corrected chi connectivity index (χ0v) is 24.7. The summed E-state index contributed by atoms with van der Waals surface area (Å²) in [4.78, 5) is 0. The van der Waals surface area contributed by atoms with Gasteiger partial charge in [-0.3, -0.25) is 0 Å². The van der Waals surface area contributed by atoms with Crippen LogP contribution >= 0.6 is 0 Å². The highest BCUT2D eigenvalue weighted by atomic mass is 16.5. The highest BCUT2D eigenvalue weighted by molar-refractivity contribution is 5.38. The van der Waals surface area contributed by atoms with Crippen LogP contribution in [-0.4, -0.2) is 11.2 Å². The number of hydrogen-bond acceptors (Lipinski definition) is 2. The number of allylic oxidation sites excluding steroid dienone is 1. The molecule has 1 aliphatic rings. The summed E-state index contributed by atoms with van der Waals surface area (Å²) in [5.41, 5.74) is 3.19. The molecule has 4 aromatic rings. The van der Waals surface area contributed by atoms with Gasteiger partial charge >= 0.3 is 0 Å². The summed E-state index contributed by atoms with van der Waals surface area (Å²) in [5, 5.41) is 12.4. The van der Waals surface area contributed by atoms with E-state index in [1.54, 1.807) is 0 Å². The van der Waals surface area contributed by atoms with Crippen molar-refractivity contribution in [3.63, 3.8) is 0 Å². The molecule has 1 saturated carbocycles. The molecule has 0 bridgehead atoms. The van der Waals surface area contributed by atoms with Gasteiger partial charge in [-0.15, -0.1) is 0 Å². The Hall–Kier alpha value is -3.62. The van der Waals surface area contributed by atoms with E-state index in [1.807, 2.05) is 73.0 Å². The minimum atomic E-state index is -1.15. The van der Waals surface area contributed by atoms with Crippen molar-refractivity contribution in [1.29, 1.82) is 0 Å². The van der Waals surface area contributed by atoms with Crippen molar-refractivity contribution in [3.8, 4) is 0 Å². The molecule has 2 heteroatoms. The molecule has 0 unspecified atom stereocenters. The molecule has 2 nitrogen and oxygen atoms in total. The van der Waals surface area contributed by atoms with Crippen molar-refractivity contribution in [2.24, 2.45) is 11.8 Å². The van der Waals surface area contributed by atoms with Crippen LogP contribution in [0.1, 0.15) is 74.6 Å². The molecule has 1 fully saturated rings. The van der Waals surface area contributed by atoms with Crippen LogP contribution in [0.2, 0.25) is 0 Å². The Morgan fingerprint density at radius 3 is 1.76 bits per heavy atom. The molecule has 0 heterocycles. The Balaban J connectivity index is 1.44. The van der Waals surface area contributed by atoms with Gasteiger partial charge in [0.2, 0.25) is 0 Å². The Kier molecular flexibility index (Phi) is 9.10. The number of benzene rings is 4. The second-order valence-corrected chi connectivity index (χ2v) is 12.4. The monoisotopic (exact) mass is 544 g/mol. The first-order valence-corrected chi connectivity index (χ1v) is 15.1. The van der Waals surface area contributed by atoms with Gasteiger partial charge in [0.1, 0.15) is 11.7 Å². The molecule has 212 valence electrons. The van der Waals surface area contributed by atoms with E-state index in [-0.39, 0.29) is 17.4 Å². The molecule has 41 heavy (non-hydrogen) atoms. The van der Waals surface area contributed by atoms with E-state index in [0.717, 1.165) is 29.5 Å². The van der Waals surface area contributed by atoms with Gasteiger partial charge in [0.25, 0.3) is 0 Å². The highest BCUT2D eigenvalue weighted by Crippen LogP contribution is 2.44. The molecular weight excluding hydrogens is 500 g/mol. The van der Waals surface area contributed by atoms with Crippen LogP contribution in [0.4, 0.5) is 0 Å². The molecule has 4 aromatic carbocycles. The third-order valence-corrected chi connectivity index (χ3v) is 9.31. The lowest BCUT2D eigenvalue weighted by Gasteiger charge is -2.44. The average molecular weight is 545 g/mol. The molecule has 0 aromatic heterocycles. The van der Waals surface area contributed by atoms with E-state index < -0.39 is 5.60 Å². The molecule has 0 amide bonds. The van der Waals surface area contributed by atoms with E-state index >= 15 is 0 Å². The van der Waals surface area contributed by atoms with Crippen molar-refractivity contribution < 1.29 is 9.84 Å². The predicted molar refractivity (Wildman–Crippen MR) is 170 cm³/mol. The summed E-state index contributed by atoms with van der Waals surface area (Å²) in [6.45, 7) is 7.09. The van der Waals surface area contributed by atoms with Gasteiger partial charge in [-0.25, -0.2) is 0 Å². The molecule has 1 N–H and O–H groups in total. The van der Waals surface area contributed by atoms with Crippen LogP contribution in [-0.2, 0) is 15.8 Å². The van der Waals surface area contributed by atoms with Crippen LogP contribution in [0.3, 0.4) is 0 Å². The number of hydrogen-bond donors (Lipinski definition) is 1. The molecule has 0 aliphatic heterocycles. The van der Waals surface area contributed by atoms with Crippen molar-refractivity contribution in [3.05, 3.63) is 156 Å². The summed E-state index contributed by atoms with van der Waals surface area (Å²) in [5.74, 6) is 1.03. The van der Waals surface area contributed by atoms with Crippen molar-refractivity contribution in [2.75, 3.05) is 0 Å². The van der Waals surface area contributed by atoms with Gasteiger partial charge in [-0.05, 0) is 58.9 Å². The van der Waals surface area contributed by atoms with Crippen molar-refractivity contribution in [2.45, 2.75) is 69.5 Å². The van der Waals surface area contributed by atoms with Crippen LogP contribution < -0.4 is 0 Å². The van der Waals surface area contributed by atoms with Gasteiger partial charge in [0, 0.05) is 11.8 Å². The Labute approximate surface area is 246 Å². The fourth-order valence-corrected chi connectivity index (χ4v) is 6.77. The molecular formula is C39H44O2. The largest absolute Gasteiger partial charge is 0.498 e. The van der Waals surface area contributed by atoms with Crippen molar-refractivity contribution in [1.82, 2.24) is 0 Å². The normalized spacial score (nSPS) is 20.5. The van der Waals surface area contributed by atoms with Crippen LogP contribution in [0.5, 0.6) is 0 Å². The number of ether oxygens (including phenoxy) is 1.